The molecule has 2 nitrogen and oxygen atoms in total. The maximum absolute atomic E-state index is 13.0. The molecule has 0 bridgehead atoms. The van der Waals surface area contributed by atoms with E-state index in [-0.39, 0.29) is 11.9 Å². The number of ether oxygens (including phenoxy) is 1. The van der Waals surface area contributed by atoms with E-state index in [1.54, 1.807) is 24.9 Å². The van der Waals surface area contributed by atoms with Crippen molar-refractivity contribution in [3.8, 4) is 5.75 Å². The second-order valence-electron chi connectivity index (χ2n) is 3.45. The molecule has 1 aromatic carbocycles. The Hall–Kier alpha value is -0.740. The van der Waals surface area contributed by atoms with Gasteiger partial charge in [-0.2, -0.15) is 11.8 Å². The average Bonchev–Trinajstić information content (AvgIpc) is 2.17. The molecule has 15 heavy (non-hydrogen) atoms. The molecule has 1 aromatic rings. The van der Waals surface area contributed by atoms with Gasteiger partial charge >= 0.3 is 0 Å². The van der Waals surface area contributed by atoms with Crippen molar-refractivity contribution in [2.75, 3.05) is 12.9 Å². The predicted octanol–water partition coefficient (Wildman–Crippen LogP) is 2.41. The van der Waals surface area contributed by atoms with Crippen LogP contribution in [0.15, 0.2) is 18.2 Å². The van der Waals surface area contributed by atoms with E-state index >= 15 is 0 Å². The second kappa shape index (κ2) is 5.98. The van der Waals surface area contributed by atoms with Crippen LogP contribution in [0.25, 0.3) is 0 Å². The Bertz CT molecular complexity index is 317. The summed E-state index contributed by atoms with van der Waals surface area (Å²) in [4.78, 5) is 0. The molecule has 1 rings (SSSR count). The molecular weight excluding hydrogens is 213 g/mol. The lowest BCUT2D eigenvalue weighted by atomic mass is 10.2. The molecule has 0 spiro atoms. The molecular formula is C11H16FNOS. The number of hydrogen-bond acceptors (Lipinski definition) is 3. The summed E-state index contributed by atoms with van der Waals surface area (Å²) in [5.74, 6) is 2.09. The Morgan fingerprint density at radius 3 is 2.87 bits per heavy atom. The Labute approximate surface area is 94.0 Å². The van der Waals surface area contributed by atoms with Crippen LogP contribution in [0.5, 0.6) is 5.75 Å². The number of methoxy groups -OCH3 is 1. The Morgan fingerprint density at radius 1 is 1.53 bits per heavy atom. The van der Waals surface area contributed by atoms with Gasteiger partial charge in [-0.25, -0.2) is 4.39 Å². The van der Waals surface area contributed by atoms with E-state index in [1.807, 2.05) is 6.92 Å². The average molecular weight is 229 g/mol. The SMILES string of the molecule is COc1ccc(F)cc1CSCC(C)N. The maximum atomic E-state index is 13.0. The molecule has 84 valence electrons. The lowest BCUT2D eigenvalue weighted by Crippen LogP contribution is -2.17. The maximum Gasteiger partial charge on any atom is 0.123 e. The van der Waals surface area contributed by atoms with Crippen LogP contribution in [-0.2, 0) is 5.75 Å². The van der Waals surface area contributed by atoms with E-state index in [4.69, 9.17) is 10.5 Å². The minimum absolute atomic E-state index is 0.162. The lowest BCUT2D eigenvalue weighted by Gasteiger charge is -2.09. The fourth-order valence-corrected chi connectivity index (χ4v) is 2.15. The molecule has 0 heterocycles. The van der Waals surface area contributed by atoms with Gasteiger partial charge in [0.25, 0.3) is 0 Å². The first-order valence-corrected chi connectivity index (χ1v) is 5.94. The molecule has 1 unspecified atom stereocenters. The van der Waals surface area contributed by atoms with Gasteiger partial charge in [0.2, 0.25) is 0 Å². The summed E-state index contributed by atoms with van der Waals surface area (Å²) < 4.78 is 18.1. The van der Waals surface area contributed by atoms with Gasteiger partial charge in [0.1, 0.15) is 11.6 Å². The smallest absolute Gasteiger partial charge is 0.123 e. The molecule has 0 aliphatic heterocycles. The van der Waals surface area contributed by atoms with Crippen molar-refractivity contribution in [3.05, 3.63) is 29.6 Å². The molecule has 2 N–H and O–H groups in total. The summed E-state index contributed by atoms with van der Waals surface area (Å²) in [5, 5.41) is 0. The van der Waals surface area contributed by atoms with Gasteiger partial charge in [0.05, 0.1) is 7.11 Å². The third kappa shape index (κ3) is 4.10. The third-order valence-electron chi connectivity index (χ3n) is 1.88. The van der Waals surface area contributed by atoms with Crippen LogP contribution in [0, 0.1) is 5.82 Å². The third-order valence-corrected chi connectivity index (χ3v) is 3.16. The van der Waals surface area contributed by atoms with Gasteiger partial charge in [-0.05, 0) is 25.1 Å². The highest BCUT2D eigenvalue weighted by Gasteiger charge is 2.05. The first-order valence-electron chi connectivity index (χ1n) is 4.79. The van der Waals surface area contributed by atoms with E-state index in [2.05, 4.69) is 0 Å². The van der Waals surface area contributed by atoms with Crippen molar-refractivity contribution in [2.24, 2.45) is 5.73 Å². The zero-order chi connectivity index (χ0) is 11.3. The van der Waals surface area contributed by atoms with Crippen molar-refractivity contribution < 1.29 is 9.13 Å². The quantitative estimate of drug-likeness (QED) is 0.842. The van der Waals surface area contributed by atoms with Crippen LogP contribution in [0.2, 0.25) is 0 Å². The fourth-order valence-electron chi connectivity index (χ4n) is 1.21. The summed E-state index contributed by atoms with van der Waals surface area (Å²) in [6.45, 7) is 1.95. The molecule has 0 aliphatic carbocycles. The van der Waals surface area contributed by atoms with Crippen molar-refractivity contribution in [1.29, 1.82) is 0 Å². The van der Waals surface area contributed by atoms with Crippen LogP contribution < -0.4 is 10.5 Å². The van der Waals surface area contributed by atoms with Gasteiger partial charge in [-0.1, -0.05) is 0 Å². The second-order valence-corrected chi connectivity index (χ2v) is 4.48. The summed E-state index contributed by atoms with van der Waals surface area (Å²) in [6, 6.07) is 4.72. The number of benzene rings is 1. The van der Waals surface area contributed by atoms with Crippen LogP contribution in [0.1, 0.15) is 12.5 Å². The van der Waals surface area contributed by atoms with Gasteiger partial charge < -0.3 is 10.5 Å². The molecule has 0 fully saturated rings. The first-order chi connectivity index (χ1) is 7.13. The van der Waals surface area contributed by atoms with Crippen molar-refractivity contribution in [2.45, 2.75) is 18.7 Å². The Kier molecular flexibility index (Phi) is 4.91. The molecule has 0 radical (unpaired) electrons. The van der Waals surface area contributed by atoms with Gasteiger partial charge in [-0.15, -0.1) is 0 Å². The van der Waals surface area contributed by atoms with Gasteiger partial charge in [0.15, 0.2) is 0 Å². The van der Waals surface area contributed by atoms with Crippen molar-refractivity contribution in [1.82, 2.24) is 0 Å². The number of nitrogens with two attached hydrogens (primary N) is 1. The summed E-state index contributed by atoms with van der Waals surface area (Å²) in [7, 11) is 1.59. The lowest BCUT2D eigenvalue weighted by molar-refractivity contribution is 0.410. The number of halogens is 1. The normalized spacial score (nSPS) is 12.5. The molecule has 0 saturated carbocycles. The topological polar surface area (TPSA) is 35.2 Å². The zero-order valence-corrected chi connectivity index (χ0v) is 9.81. The molecule has 0 aliphatic rings. The first kappa shape index (κ1) is 12.3. The molecule has 0 aromatic heterocycles. The number of thioether (sulfide) groups is 1. The minimum atomic E-state index is -0.229. The number of rotatable bonds is 5. The van der Waals surface area contributed by atoms with Crippen LogP contribution in [0.3, 0.4) is 0 Å². The van der Waals surface area contributed by atoms with Gasteiger partial charge in [0, 0.05) is 23.1 Å². The summed E-state index contributed by atoms with van der Waals surface area (Å²) in [6.07, 6.45) is 0. The summed E-state index contributed by atoms with van der Waals surface area (Å²) >= 11 is 1.68. The molecule has 1 atom stereocenters. The molecule has 4 heteroatoms. The highest BCUT2D eigenvalue weighted by Crippen LogP contribution is 2.24. The standard InChI is InChI=1S/C11H16FNOS/c1-8(13)6-15-7-9-5-10(12)3-4-11(9)14-2/h3-5,8H,6-7,13H2,1-2H3. The van der Waals surface area contributed by atoms with Crippen molar-refractivity contribution in [3.63, 3.8) is 0 Å². The van der Waals surface area contributed by atoms with Crippen LogP contribution in [0.4, 0.5) is 4.39 Å². The van der Waals surface area contributed by atoms with Crippen molar-refractivity contribution >= 4 is 11.8 Å². The van der Waals surface area contributed by atoms with E-state index < -0.39 is 0 Å². The minimum Gasteiger partial charge on any atom is -0.496 e. The molecule has 0 saturated heterocycles. The number of hydrogen-bond donors (Lipinski definition) is 1. The summed E-state index contributed by atoms with van der Waals surface area (Å²) in [5.41, 5.74) is 6.51. The molecule has 0 amide bonds. The fraction of sp³-hybridized carbons (Fsp3) is 0.455. The van der Waals surface area contributed by atoms with Crippen LogP contribution >= 0.6 is 11.8 Å². The van der Waals surface area contributed by atoms with E-state index in [9.17, 15) is 4.39 Å². The van der Waals surface area contributed by atoms with Gasteiger partial charge in [-0.3, -0.25) is 0 Å². The van der Waals surface area contributed by atoms with Crippen LogP contribution in [-0.4, -0.2) is 18.9 Å². The van der Waals surface area contributed by atoms with E-state index in [0.717, 1.165) is 22.8 Å². The predicted molar refractivity (Wildman–Crippen MR) is 62.8 cm³/mol. The highest BCUT2D eigenvalue weighted by molar-refractivity contribution is 7.98. The zero-order valence-electron chi connectivity index (χ0n) is 9.00. The Morgan fingerprint density at radius 2 is 2.27 bits per heavy atom. The monoisotopic (exact) mass is 229 g/mol. The Balaban J connectivity index is 2.62. The van der Waals surface area contributed by atoms with E-state index in [0.29, 0.717) is 0 Å². The largest absolute Gasteiger partial charge is 0.496 e. The van der Waals surface area contributed by atoms with E-state index in [1.165, 1.54) is 12.1 Å². The highest BCUT2D eigenvalue weighted by atomic mass is 32.2.